The van der Waals surface area contributed by atoms with Crippen LogP contribution in [0.1, 0.15) is 29.0 Å². The number of rotatable bonds is 5. The molecule has 2 aliphatic heterocycles. The van der Waals surface area contributed by atoms with Gasteiger partial charge in [0.2, 0.25) is 15.9 Å². The Labute approximate surface area is 209 Å². The number of carbonyl (C=O) groups is 1. The number of benzene rings is 2. The van der Waals surface area contributed by atoms with Gasteiger partial charge in [0.25, 0.3) is 0 Å². The molecule has 5 rings (SSSR count). The van der Waals surface area contributed by atoms with E-state index in [1.807, 2.05) is 13.0 Å². The molecule has 0 saturated carbocycles. The molecule has 1 saturated heterocycles. The highest BCUT2D eigenvalue weighted by Crippen LogP contribution is 2.38. The van der Waals surface area contributed by atoms with Crippen molar-refractivity contribution in [1.29, 1.82) is 0 Å². The summed E-state index contributed by atoms with van der Waals surface area (Å²) in [4.78, 5) is 18.8. The SMILES string of the molecule is C[C@@H]1CN(C(=O)CN2CCc3sccc3[C@@H]2c2cccc(F)c2)CCN1S(=O)(=O)c1ccccc1. The van der Waals surface area contributed by atoms with Crippen molar-refractivity contribution in [2.45, 2.75) is 30.3 Å². The van der Waals surface area contributed by atoms with Gasteiger partial charge in [-0.25, -0.2) is 12.8 Å². The summed E-state index contributed by atoms with van der Waals surface area (Å²) in [6, 6.07) is 16.6. The second-order valence-corrected chi connectivity index (χ2v) is 12.0. The fourth-order valence-electron chi connectivity index (χ4n) is 5.13. The Hall–Kier alpha value is -2.59. The Morgan fingerprint density at radius 1 is 1.06 bits per heavy atom. The van der Waals surface area contributed by atoms with Crippen LogP contribution in [-0.2, 0) is 21.2 Å². The predicted molar refractivity (Wildman–Crippen MR) is 134 cm³/mol. The number of halogens is 1. The van der Waals surface area contributed by atoms with E-state index in [9.17, 15) is 17.6 Å². The minimum Gasteiger partial charge on any atom is -0.339 e. The lowest BCUT2D eigenvalue weighted by atomic mass is 9.93. The van der Waals surface area contributed by atoms with E-state index >= 15 is 0 Å². The molecule has 0 N–H and O–H groups in total. The Bertz CT molecular complexity index is 1310. The smallest absolute Gasteiger partial charge is 0.243 e. The van der Waals surface area contributed by atoms with Crippen LogP contribution in [0.5, 0.6) is 0 Å². The number of carbonyl (C=O) groups excluding carboxylic acids is 1. The van der Waals surface area contributed by atoms with Gasteiger partial charge in [-0.1, -0.05) is 30.3 Å². The van der Waals surface area contributed by atoms with E-state index in [4.69, 9.17) is 0 Å². The minimum absolute atomic E-state index is 0.0336. The summed E-state index contributed by atoms with van der Waals surface area (Å²) >= 11 is 1.70. The molecule has 0 radical (unpaired) electrons. The number of amides is 1. The molecule has 2 aliphatic rings. The molecular formula is C26H28FN3O3S2. The second-order valence-electron chi connectivity index (χ2n) is 9.09. The van der Waals surface area contributed by atoms with E-state index in [1.165, 1.54) is 15.2 Å². The fourth-order valence-corrected chi connectivity index (χ4v) is 7.67. The lowest BCUT2D eigenvalue weighted by molar-refractivity contribution is -0.135. The van der Waals surface area contributed by atoms with Crippen molar-refractivity contribution >= 4 is 27.3 Å². The van der Waals surface area contributed by atoms with Gasteiger partial charge >= 0.3 is 0 Å². The summed E-state index contributed by atoms with van der Waals surface area (Å²) in [7, 11) is -3.61. The zero-order valence-electron chi connectivity index (χ0n) is 19.5. The van der Waals surface area contributed by atoms with E-state index in [0.717, 1.165) is 17.5 Å². The maximum absolute atomic E-state index is 14.1. The maximum Gasteiger partial charge on any atom is 0.243 e. The van der Waals surface area contributed by atoms with Crippen molar-refractivity contribution in [3.63, 3.8) is 0 Å². The topological polar surface area (TPSA) is 60.9 Å². The summed E-state index contributed by atoms with van der Waals surface area (Å²) < 4.78 is 41.7. The normalized spacial score (nSPS) is 21.6. The first kappa shape index (κ1) is 24.1. The number of hydrogen-bond donors (Lipinski definition) is 0. The lowest BCUT2D eigenvalue weighted by Crippen LogP contribution is -2.57. The number of nitrogens with zero attached hydrogens (tertiary/aromatic N) is 3. The third-order valence-corrected chi connectivity index (χ3v) is 9.86. The monoisotopic (exact) mass is 513 g/mol. The first-order chi connectivity index (χ1) is 16.8. The van der Waals surface area contributed by atoms with E-state index in [2.05, 4.69) is 16.3 Å². The molecule has 9 heteroatoms. The van der Waals surface area contributed by atoms with Crippen molar-refractivity contribution in [2.24, 2.45) is 0 Å². The highest BCUT2D eigenvalue weighted by molar-refractivity contribution is 7.89. The number of hydrogen-bond acceptors (Lipinski definition) is 5. The Morgan fingerprint density at radius 2 is 1.86 bits per heavy atom. The predicted octanol–water partition coefficient (Wildman–Crippen LogP) is 3.76. The number of piperazine rings is 1. The first-order valence-corrected chi connectivity index (χ1v) is 14.1. The largest absolute Gasteiger partial charge is 0.339 e. The Morgan fingerprint density at radius 3 is 2.60 bits per heavy atom. The van der Waals surface area contributed by atoms with Crippen LogP contribution in [0, 0.1) is 5.82 Å². The van der Waals surface area contributed by atoms with Crippen LogP contribution in [0.2, 0.25) is 0 Å². The number of fused-ring (bicyclic) bond motifs is 1. The van der Waals surface area contributed by atoms with Crippen LogP contribution < -0.4 is 0 Å². The quantitative estimate of drug-likeness (QED) is 0.521. The standard InChI is InChI=1S/C26H28FN3O3S2/c1-19-17-28(13-14-30(19)35(32,33)22-8-3-2-4-9-22)25(31)18-29-12-10-24-23(11-15-34-24)26(29)20-6-5-7-21(27)16-20/h2-9,11,15-16,19,26H,10,12-14,17-18H2,1H3/t19-,26+/m1/s1. The van der Waals surface area contributed by atoms with Crippen molar-refractivity contribution < 1.29 is 17.6 Å². The van der Waals surface area contributed by atoms with E-state index in [1.54, 1.807) is 58.7 Å². The van der Waals surface area contributed by atoms with Crippen LogP contribution in [0.25, 0.3) is 0 Å². The molecule has 0 bridgehead atoms. The van der Waals surface area contributed by atoms with Gasteiger partial charge in [0.15, 0.2) is 0 Å². The lowest BCUT2D eigenvalue weighted by Gasteiger charge is -2.41. The molecule has 1 aromatic heterocycles. The average Bonchev–Trinajstić information content (AvgIpc) is 3.33. The van der Waals surface area contributed by atoms with Gasteiger partial charge in [-0.05, 0) is 60.2 Å². The fraction of sp³-hybridized carbons (Fsp3) is 0.346. The molecule has 184 valence electrons. The molecule has 3 heterocycles. The number of thiophene rings is 1. The first-order valence-electron chi connectivity index (χ1n) is 11.7. The molecule has 0 spiro atoms. The van der Waals surface area contributed by atoms with Crippen molar-refractivity contribution in [3.8, 4) is 0 Å². The van der Waals surface area contributed by atoms with Crippen LogP contribution in [0.15, 0.2) is 70.9 Å². The molecule has 1 fully saturated rings. The van der Waals surface area contributed by atoms with Crippen molar-refractivity contribution in [3.05, 3.63) is 87.9 Å². The molecular weight excluding hydrogens is 485 g/mol. The zero-order chi connectivity index (χ0) is 24.6. The molecule has 2 atom stereocenters. The highest BCUT2D eigenvalue weighted by Gasteiger charge is 2.37. The second kappa shape index (κ2) is 9.81. The summed E-state index contributed by atoms with van der Waals surface area (Å²) in [5.74, 6) is -0.325. The van der Waals surface area contributed by atoms with Gasteiger partial charge in [-0.2, -0.15) is 4.31 Å². The van der Waals surface area contributed by atoms with Crippen molar-refractivity contribution in [2.75, 3.05) is 32.7 Å². The van der Waals surface area contributed by atoms with Crippen LogP contribution in [0.4, 0.5) is 4.39 Å². The van der Waals surface area contributed by atoms with E-state index in [-0.39, 0.29) is 41.8 Å². The van der Waals surface area contributed by atoms with Crippen LogP contribution in [0.3, 0.4) is 0 Å². The highest BCUT2D eigenvalue weighted by atomic mass is 32.2. The third kappa shape index (κ3) is 4.78. The van der Waals surface area contributed by atoms with Crippen LogP contribution >= 0.6 is 11.3 Å². The van der Waals surface area contributed by atoms with Gasteiger partial charge in [-0.3, -0.25) is 9.69 Å². The van der Waals surface area contributed by atoms with E-state index < -0.39 is 10.0 Å². The Kier molecular flexibility index (Phi) is 6.76. The molecule has 2 aromatic carbocycles. The summed E-state index contributed by atoms with van der Waals surface area (Å²) in [6.07, 6.45) is 0.853. The van der Waals surface area contributed by atoms with Gasteiger partial charge < -0.3 is 4.90 Å². The minimum atomic E-state index is -3.61. The van der Waals surface area contributed by atoms with Crippen LogP contribution in [-0.4, -0.2) is 67.2 Å². The molecule has 1 amide bonds. The van der Waals surface area contributed by atoms with Gasteiger partial charge in [0, 0.05) is 37.1 Å². The van der Waals surface area contributed by atoms with Gasteiger partial charge in [0.1, 0.15) is 5.82 Å². The molecule has 3 aromatic rings. The Balaban J connectivity index is 1.31. The summed E-state index contributed by atoms with van der Waals surface area (Å²) in [5, 5.41) is 2.05. The third-order valence-electron chi connectivity index (χ3n) is 6.84. The zero-order valence-corrected chi connectivity index (χ0v) is 21.1. The molecule has 6 nitrogen and oxygen atoms in total. The van der Waals surface area contributed by atoms with Gasteiger partial charge in [-0.15, -0.1) is 11.3 Å². The van der Waals surface area contributed by atoms with E-state index in [0.29, 0.717) is 19.6 Å². The van der Waals surface area contributed by atoms with Crippen molar-refractivity contribution in [1.82, 2.24) is 14.1 Å². The van der Waals surface area contributed by atoms with Gasteiger partial charge in [0.05, 0.1) is 17.5 Å². The molecule has 35 heavy (non-hydrogen) atoms. The molecule has 0 aliphatic carbocycles. The summed E-state index contributed by atoms with van der Waals surface area (Å²) in [6.45, 7) is 3.69. The maximum atomic E-state index is 14.1. The average molecular weight is 514 g/mol. The summed E-state index contributed by atoms with van der Waals surface area (Å²) in [5.41, 5.74) is 1.97. The number of sulfonamides is 1. The molecule has 0 unspecified atom stereocenters.